The molecule has 0 atom stereocenters. The Morgan fingerprint density at radius 3 is 2.39 bits per heavy atom. The highest BCUT2D eigenvalue weighted by molar-refractivity contribution is 6.32. The fourth-order valence-corrected chi connectivity index (χ4v) is 3.93. The third-order valence-electron chi connectivity index (χ3n) is 5.59. The van der Waals surface area contributed by atoms with Crippen LogP contribution in [0.4, 0.5) is 10.1 Å². The van der Waals surface area contributed by atoms with Crippen LogP contribution in [0, 0.1) is 5.82 Å². The maximum absolute atomic E-state index is 13.3. The number of anilines is 1. The molecule has 0 bridgehead atoms. The largest absolute Gasteiger partial charge is 0.493 e. The number of hydrogen-bond acceptors (Lipinski definition) is 6. The van der Waals surface area contributed by atoms with Crippen molar-refractivity contribution in [2.75, 3.05) is 19.0 Å². The molecule has 0 unspecified atom stereocenters. The number of amides is 2. The first-order valence-corrected chi connectivity index (χ1v) is 12.9. The number of halogens is 3. The first kappa shape index (κ1) is 29.4. The summed E-state index contributed by atoms with van der Waals surface area (Å²) in [6.45, 7) is -0.0983. The normalized spacial score (nSPS) is 10.7. The Bertz CT molecular complexity index is 1560. The van der Waals surface area contributed by atoms with Gasteiger partial charge in [0, 0.05) is 16.8 Å². The molecule has 0 spiro atoms. The van der Waals surface area contributed by atoms with E-state index in [-0.39, 0.29) is 24.1 Å². The van der Waals surface area contributed by atoms with Crippen LogP contribution in [0.2, 0.25) is 10.0 Å². The molecule has 0 saturated heterocycles. The molecule has 0 fully saturated rings. The summed E-state index contributed by atoms with van der Waals surface area (Å²) in [6, 6.07) is 22.3. The van der Waals surface area contributed by atoms with E-state index in [4.69, 9.17) is 37.4 Å². The smallest absolute Gasteiger partial charge is 0.271 e. The molecule has 41 heavy (non-hydrogen) atoms. The van der Waals surface area contributed by atoms with Crippen molar-refractivity contribution in [2.45, 2.75) is 6.61 Å². The SMILES string of the molecule is COc1cc(/C=N\NC(=O)c2ccc(NC(=O)COc3ccccc3Cl)cc2)ccc1OCc1ccc(F)cc1Cl. The van der Waals surface area contributed by atoms with Crippen LogP contribution in [-0.4, -0.2) is 31.7 Å². The summed E-state index contributed by atoms with van der Waals surface area (Å²) in [6.07, 6.45) is 1.45. The van der Waals surface area contributed by atoms with Gasteiger partial charge >= 0.3 is 0 Å². The summed E-state index contributed by atoms with van der Waals surface area (Å²) in [5.41, 5.74) is 4.56. The predicted molar refractivity (Wildman–Crippen MR) is 156 cm³/mol. The molecule has 0 aromatic heterocycles. The first-order valence-electron chi connectivity index (χ1n) is 12.2. The van der Waals surface area contributed by atoms with Gasteiger partial charge in [-0.2, -0.15) is 5.10 Å². The molecule has 4 rings (SSSR count). The molecule has 2 amide bonds. The lowest BCUT2D eigenvalue weighted by Gasteiger charge is -2.12. The van der Waals surface area contributed by atoms with Crippen LogP contribution in [0.1, 0.15) is 21.5 Å². The van der Waals surface area contributed by atoms with Gasteiger partial charge in [-0.1, -0.05) is 41.4 Å². The van der Waals surface area contributed by atoms with E-state index in [0.29, 0.717) is 44.6 Å². The fourth-order valence-electron chi connectivity index (χ4n) is 3.52. The van der Waals surface area contributed by atoms with Crippen molar-refractivity contribution in [1.29, 1.82) is 0 Å². The Hall–Kier alpha value is -4.60. The minimum atomic E-state index is -0.440. The quantitative estimate of drug-likeness (QED) is 0.152. The molecule has 8 nitrogen and oxygen atoms in total. The lowest BCUT2D eigenvalue weighted by atomic mass is 10.2. The lowest BCUT2D eigenvalue weighted by molar-refractivity contribution is -0.118. The van der Waals surface area contributed by atoms with Crippen LogP contribution in [0.5, 0.6) is 17.2 Å². The number of nitrogens with one attached hydrogen (secondary N) is 2. The first-order chi connectivity index (χ1) is 19.8. The number of hydrazone groups is 1. The molecule has 0 saturated carbocycles. The van der Waals surface area contributed by atoms with Crippen molar-refractivity contribution < 1.29 is 28.2 Å². The van der Waals surface area contributed by atoms with E-state index >= 15 is 0 Å². The van der Waals surface area contributed by atoms with E-state index in [1.807, 2.05) is 0 Å². The molecule has 4 aromatic carbocycles. The molecule has 11 heteroatoms. The van der Waals surface area contributed by atoms with Gasteiger partial charge in [0.15, 0.2) is 18.1 Å². The maximum atomic E-state index is 13.3. The van der Waals surface area contributed by atoms with E-state index in [9.17, 15) is 14.0 Å². The average molecular weight is 596 g/mol. The van der Waals surface area contributed by atoms with Crippen molar-refractivity contribution in [2.24, 2.45) is 5.10 Å². The zero-order valence-corrected chi connectivity index (χ0v) is 23.2. The van der Waals surface area contributed by atoms with Crippen molar-refractivity contribution in [1.82, 2.24) is 5.43 Å². The summed E-state index contributed by atoms with van der Waals surface area (Å²) in [4.78, 5) is 24.7. The summed E-state index contributed by atoms with van der Waals surface area (Å²) < 4.78 is 29.8. The van der Waals surface area contributed by atoms with E-state index in [1.165, 1.54) is 25.5 Å². The molecule has 0 heterocycles. The van der Waals surface area contributed by atoms with Gasteiger partial charge in [-0.15, -0.1) is 0 Å². The molecule has 0 aliphatic rings. The topological polar surface area (TPSA) is 98.2 Å². The Kier molecular flexibility index (Phi) is 10.1. The zero-order valence-electron chi connectivity index (χ0n) is 21.7. The molecular weight excluding hydrogens is 572 g/mol. The Balaban J connectivity index is 1.27. The standard InChI is InChI=1S/C30H24Cl2FN3O5/c1-39-28-14-19(6-13-27(28)40-17-21-7-10-22(33)15-25(21)32)16-34-36-30(38)20-8-11-23(12-9-20)35-29(37)18-41-26-5-3-2-4-24(26)31/h2-16H,17-18H2,1H3,(H,35,37)(H,36,38)/b34-16-. The monoisotopic (exact) mass is 595 g/mol. The number of ether oxygens (including phenoxy) is 3. The second-order valence-electron chi connectivity index (χ2n) is 8.48. The highest BCUT2D eigenvalue weighted by Gasteiger charge is 2.10. The van der Waals surface area contributed by atoms with Gasteiger partial charge in [0.25, 0.3) is 11.8 Å². The predicted octanol–water partition coefficient (Wildman–Crippen LogP) is 6.50. The number of carbonyl (C=O) groups excluding carboxylic acids is 2. The van der Waals surface area contributed by atoms with Gasteiger partial charge in [-0.3, -0.25) is 9.59 Å². The van der Waals surface area contributed by atoms with Crippen LogP contribution in [0.3, 0.4) is 0 Å². The van der Waals surface area contributed by atoms with Crippen LogP contribution in [0.15, 0.2) is 90.0 Å². The molecule has 210 valence electrons. The van der Waals surface area contributed by atoms with E-state index < -0.39 is 11.7 Å². The van der Waals surface area contributed by atoms with Gasteiger partial charge in [0.05, 0.1) is 23.4 Å². The van der Waals surface area contributed by atoms with Crippen LogP contribution < -0.4 is 25.0 Å². The van der Waals surface area contributed by atoms with Crippen molar-refractivity contribution in [3.05, 3.63) is 117 Å². The maximum Gasteiger partial charge on any atom is 0.271 e. The number of hydrogen-bond donors (Lipinski definition) is 2. The van der Waals surface area contributed by atoms with E-state index in [0.717, 1.165) is 0 Å². The minimum Gasteiger partial charge on any atom is -0.493 e. The molecule has 0 radical (unpaired) electrons. The Morgan fingerprint density at radius 1 is 0.878 bits per heavy atom. The Morgan fingerprint density at radius 2 is 1.66 bits per heavy atom. The number of methoxy groups -OCH3 is 1. The molecule has 0 aliphatic carbocycles. The van der Waals surface area contributed by atoms with E-state index in [1.54, 1.807) is 72.8 Å². The number of rotatable bonds is 11. The van der Waals surface area contributed by atoms with Gasteiger partial charge in [-0.05, 0) is 72.3 Å². The summed E-state index contributed by atoms with van der Waals surface area (Å²) >= 11 is 12.1. The number of nitrogens with zero attached hydrogens (tertiary/aromatic N) is 1. The van der Waals surface area contributed by atoms with Crippen molar-refractivity contribution in [3.63, 3.8) is 0 Å². The third-order valence-corrected chi connectivity index (χ3v) is 6.26. The zero-order chi connectivity index (χ0) is 29.2. The van der Waals surface area contributed by atoms with Crippen LogP contribution in [0.25, 0.3) is 0 Å². The molecule has 4 aromatic rings. The Labute approximate surface area is 245 Å². The van der Waals surface area contributed by atoms with Gasteiger partial charge < -0.3 is 19.5 Å². The third kappa shape index (κ3) is 8.44. The van der Waals surface area contributed by atoms with Crippen molar-refractivity contribution in [3.8, 4) is 17.2 Å². The summed E-state index contributed by atoms with van der Waals surface area (Å²) in [5, 5.41) is 7.36. The second-order valence-corrected chi connectivity index (χ2v) is 9.29. The van der Waals surface area contributed by atoms with E-state index in [2.05, 4.69) is 15.8 Å². The van der Waals surface area contributed by atoms with Crippen LogP contribution >= 0.6 is 23.2 Å². The average Bonchev–Trinajstić information content (AvgIpc) is 2.97. The molecule has 0 aliphatic heterocycles. The minimum absolute atomic E-state index is 0.123. The number of benzene rings is 4. The summed E-state index contributed by atoms with van der Waals surface area (Å²) in [7, 11) is 1.49. The lowest BCUT2D eigenvalue weighted by Crippen LogP contribution is -2.20. The highest BCUT2D eigenvalue weighted by Crippen LogP contribution is 2.29. The van der Waals surface area contributed by atoms with Gasteiger partial charge in [0.1, 0.15) is 18.2 Å². The number of carbonyl (C=O) groups is 2. The highest BCUT2D eigenvalue weighted by atomic mass is 35.5. The van der Waals surface area contributed by atoms with Crippen molar-refractivity contribution >= 4 is 46.9 Å². The molecule has 2 N–H and O–H groups in total. The summed E-state index contributed by atoms with van der Waals surface area (Å²) in [5.74, 6) is 0.0590. The van der Waals surface area contributed by atoms with Crippen LogP contribution in [-0.2, 0) is 11.4 Å². The second kappa shape index (κ2) is 14.2. The fraction of sp³-hybridized carbons (Fsp3) is 0.100. The van der Waals surface area contributed by atoms with Gasteiger partial charge in [0.2, 0.25) is 0 Å². The van der Waals surface area contributed by atoms with Gasteiger partial charge in [-0.25, -0.2) is 9.82 Å². The number of para-hydroxylation sites is 1. The molecular formula is C30H24Cl2FN3O5.